The van der Waals surface area contributed by atoms with Gasteiger partial charge in [0.05, 0.1) is 29.4 Å². The molecule has 0 spiro atoms. The number of hydrogen-bond donors (Lipinski definition) is 1. The fourth-order valence-corrected chi connectivity index (χ4v) is 4.52. The van der Waals surface area contributed by atoms with E-state index < -0.39 is 10.0 Å². The maximum atomic E-state index is 12.4. The Bertz CT molecular complexity index is 1030. The third-order valence-corrected chi connectivity index (χ3v) is 5.88. The molecule has 0 aliphatic carbocycles. The highest BCUT2D eigenvalue weighted by Crippen LogP contribution is 2.26. The van der Waals surface area contributed by atoms with Crippen LogP contribution in [-0.2, 0) is 27.1 Å². The minimum absolute atomic E-state index is 0.0297. The monoisotopic (exact) mass is 371 g/mol. The summed E-state index contributed by atoms with van der Waals surface area (Å²) >= 11 is 0. The van der Waals surface area contributed by atoms with Gasteiger partial charge in [-0.15, -0.1) is 0 Å². The number of rotatable bonds is 5. The molecule has 4 rings (SSSR count). The molecule has 0 saturated carbocycles. The largest absolute Gasteiger partial charge is 0.371 e. The molecule has 1 unspecified atom stereocenters. The number of sulfonamides is 1. The van der Waals surface area contributed by atoms with E-state index in [4.69, 9.17) is 4.74 Å². The van der Waals surface area contributed by atoms with Gasteiger partial charge in [-0.1, -0.05) is 36.4 Å². The zero-order valence-corrected chi connectivity index (χ0v) is 15.4. The van der Waals surface area contributed by atoms with Crippen molar-refractivity contribution >= 4 is 21.1 Å². The molecule has 2 aromatic carbocycles. The maximum Gasteiger partial charge on any atom is 0.215 e. The highest BCUT2D eigenvalue weighted by Gasteiger charge is 2.25. The van der Waals surface area contributed by atoms with Gasteiger partial charge in [-0.05, 0) is 30.2 Å². The van der Waals surface area contributed by atoms with E-state index in [2.05, 4.69) is 20.3 Å². The van der Waals surface area contributed by atoms with Gasteiger partial charge < -0.3 is 9.30 Å². The second kappa shape index (κ2) is 6.83. The van der Waals surface area contributed by atoms with Crippen LogP contribution in [0.25, 0.3) is 11.0 Å². The number of fused-ring (bicyclic) bond motifs is 3. The lowest BCUT2D eigenvalue weighted by atomic mass is 10.2. The first-order chi connectivity index (χ1) is 12.5. The number of imidazole rings is 1. The molecule has 2 heterocycles. The molecule has 1 N–H and O–H groups in total. The smallest absolute Gasteiger partial charge is 0.215 e. The predicted octanol–water partition coefficient (Wildman–Crippen LogP) is 2.54. The number of ether oxygens (including phenoxy) is 1. The molecule has 1 aromatic heterocycles. The van der Waals surface area contributed by atoms with Gasteiger partial charge in [0.25, 0.3) is 0 Å². The summed E-state index contributed by atoms with van der Waals surface area (Å²) < 4.78 is 35.3. The molecule has 6 nitrogen and oxygen atoms in total. The average Bonchev–Trinajstić information content (AvgIpc) is 2.99. The summed E-state index contributed by atoms with van der Waals surface area (Å²) in [5.74, 6) is 0.807. The molecule has 136 valence electrons. The fraction of sp³-hybridized carbons (Fsp3) is 0.316. The summed E-state index contributed by atoms with van der Waals surface area (Å²) in [6.45, 7) is 3.22. The van der Waals surface area contributed by atoms with Crippen molar-refractivity contribution in [2.45, 2.75) is 25.3 Å². The van der Waals surface area contributed by atoms with Gasteiger partial charge in [0.1, 0.15) is 12.4 Å². The van der Waals surface area contributed by atoms with E-state index in [9.17, 15) is 8.42 Å². The molecule has 1 aliphatic heterocycles. The molecule has 0 bridgehead atoms. The third-order valence-electron chi connectivity index (χ3n) is 4.56. The zero-order chi connectivity index (χ0) is 18.1. The summed E-state index contributed by atoms with van der Waals surface area (Å²) in [7, 11) is -3.42. The van der Waals surface area contributed by atoms with Crippen molar-refractivity contribution in [2.24, 2.45) is 0 Å². The van der Waals surface area contributed by atoms with Crippen molar-refractivity contribution in [1.82, 2.24) is 14.3 Å². The lowest BCUT2D eigenvalue weighted by Crippen LogP contribution is -2.36. The molecule has 0 radical (unpaired) electrons. The molecule has 26 heavy (non-hydrogen) atoms. The second-order valence-corrected chi connectivity index (χ2v) is 8.46. The Labute approximate surface area is 152 Å². The number of nitrogens with zero attached hydrogens (tertiary/aromatic N) is 2. The standard InChI is InChI=1S/C19H21N3O3S/c1-14-7-8-17-18(9-14)22-16(11-25-12-19(22)21-17)10-20-26(23,24)13-15-5-3-2-4-6-15/h2-9,16,20H,10-13H2,1H3. The molecule has 0 saturated heterocycles. The Morgan fingerprint density at radius 1 is 1.23 bits per heavy atom. The van der Waals surface area contributed by atoms with Crippen LogP contribution in [0.3, 0.4) is 0 Å². The van der Waals surface area contributed by atoms with Crippen LogP contribution in [0.4, 0.5) is 0 Å². The van der Waals surface area contributed by atoms with Gasteiger partial charge in [0.15, 0.2) is 0 Å². The molecule has 1 atom stereocenters. The van der Waals surface area contributed by atoms with Gasteiger partial charge in [0.2, 0.25) is 10.0 Å². The molecule has 3 aromatic rings. The summed E-state index contributed by atoms with van der Waals surface area (Å²) in [5.41, 5.74) is 3.85. The minimum Gasteiger partial charge on any atom is -0.371 e. The van der Waals surface area contributed by atoms with Crippen molar-refractivity contribution in [3.05, 3.63) is 65.5 Å². The van der Waals surface area contributed by atoms with Crippen LogP contribution in [-0.4, -0.2) is 31.1 Å². The highest BCUT2D eigenvalue weighted by molar-refractivity contribution is 7.88. The van der Waals surface area contributed by atoms with Crippen molar-refractivity contribution in [1.29, 1.82) is 0 Å². The molecular formula is C19H21N3O3S. The van der Waals surface area contributed by atoms with Crippen molar-refractivity contribution in [3.63, 3.8) is 0 Å². The Morgan fingerprint density at radius 3 is 2.85 bits per heavy atom. The first kappa shape index (κ1) is 17.2. The lowest BCUT2D eigenvalue weighted by Gasteiger charge is -2.26. The second-order valence-electron chi connectivity index (χ2n) is 6.65. The topological polar surface area (TPSA) is 73.2 Å². The van der Waals surface area contributed by atoms with E-state index in [0.717, 1.165) is 28.0 Å². The molecular weight excluding hydrogens is 350 g/mol. The average molecular weight is 371 g/mol. The van der Waals surface area contributed by atoms with E-state index >= 15 is 0 Å². The third kappa shape index (κ3) is 3.51. The van der Waals surface area contributed by atoms with Crippen LogP contribution in [0.2, 0.25) is 0 Å². The Morgan fingerprint density at radius 2 is 2.04 bits per heavy atom. The Hall–Kier alpha value is -2.22. The van der Waals surface area contributed by atoms with Gasteiger partial charge in [0, 0.05) is 6.54 Å². The van der Waals surface area contributed by atoms with Gasteiger partial charge in [-0.25, -0.2) is 18.1 Å². The van der Waals surface area contributed by atoms with Crippen LogP contribution in [0, 0.1) is 6.92 Å². The zero-order valence-electron chi connectivity index (χ0n) is 14.6. The molecule has 7 heteroatoms. The van der Waals surface area contributed by atoms with E-state index in [-0.39, 0.29) is 18.3 Å². The van der Waals surface area contributed by atoms with E-state index in [0.29, 0.717) is 13.2 Å². The highest BCUT2D eigenvalue weighted by atomic mass is 32.2. The molecule has 0 fully saturated rings. The predicted molar refractivity (Wildman–Crippen MR) is 100 cm³/mol. The van der Waals surface area contributed by atoms with E-state index in [1.807, 2.05) is 49.4 Å². The lowest BCUT2D eigenvalue weighted by molar-refractivity contribution is 0.0581. The Balaban J connectivity index is 1.55. The quantitative estimate of drug-likeness (QED) is 0.748. The van der Waals surface area contributed by atoms with Gasteiger partial charge in [-0.3, -0.25) is 0 Å². The van der Waals surface area contributed by atoms with E-state index in [1.54, 1.807) is 0 Å². The first-order valence-electron chi connectivity index (χ1n) is 8.58. The minimum atomic E-state index is -3.42. The van der Waals surface area contributed by atoms with Crippen molar-refractivity contribution in [2.75, 3.05) is 13.2 Å². The normalized spacial score (nSPS) is 17.3. The number of aryl methyl sites for hydroxylation is 1. The van der Waals surface area contributed by atoms with Crippen LogP contribution in [0.1, 0.15) is 23.0 Å². The van der Waals surface area contributed by atoms with Crippen molar-refractivity contribution < 1.29 is 13.2 Å². The number of aromatic nitrogens is 2. The number of benzene rings is 2. The van der Waals surface area contributed by atoms with Crippen LogP contribution in [0.15, 0.2) is 48.5 Å². The number of hydrogen-bond acceptors (Lipinski definition) is 4. The SMILES string of the molecule is Cc1ccc2nc3n(c2c1)C(CNS(=O)(=O)Cc1ccccc1)COC3. The summed E-state index contributed by atoms with van der Waals surface area (Å²) in [6.07, 6.45) is 0. The van der Waals surface area contributed by atoms with Crippen molar-refractivity contribution in [3.8, 4) is 0 Å². The van der Waals surface area contributed by atoms with Crippen LogP contribution < -0.4 is 4.72 Å². The fourth-order valence-electron chi connectivity index (χ4n) is 3.34. The Kier molecular flexibility index (Phi) is 4.52. The van der Waals surface area contributed by atoms with Crippen LogP contribution >= 0.6 is 0 Å². The van der Waals surface area contributed by atoms with Crippen LogP contribution in [0.5, 0.6) is 0 Å². The first-order valence-corrected chi connectivity index (χ1v) is 10.2. The molecule has 1 aliphatic rings. The van der Waals surface area contributed by atoms with E-state index in [1.165, 1.54) is 0 Å². The molecule has 0 amide bonds. The summed E-state index contributed by atoms with van der Waals surface area (Å²) in [4.78, 5) is 4.62. The van der Waals surface area contributed by atoms with Gasteiger partial charge >= 0.3 is 0 Å². The maximum absolute atomic E-state index is 12.4. The summed E-state index contributed by atoms with van der Waals surface area (Å²) in [5, 5.41) is 0. The number of nitrogens with one attached hydrogen (secondary N) is 1. The van der Waals surface area contributed by atoms with Gasteiger partial charge in [-0.2, -0.15) is 0 Å². The summed E-state index contributed by atoms with van der Waals surface area (Å²) in [6, 6.07) is 15.2.